The molecule has 0 aromatic heterocycles. The van der Waals surface area contributed by atoms with E-state index in [4.69, 9.17) is 5.11 Å². The Morgan fingerprint density at radius 1 is 1.31 bits per heavy atom. The van der Waals surface area contributed by atoms with E-state index in [-0.39, 0.29) is 12.1 Å². The third kappa shape index (κ3) is 2.23. The Kier molecular flexibility index (Phi) is 2.92. The molecule has 1 amide bonds. The van der Waals surface area contributed by atoms with Gasteiger partial charge in [0.1, 0.15) is 0 Å². The van der Waals surface area contributed by atoms with Gasteiger partial charge in [-0.15, -0.1) is 0 Å². The molecule has 1 aromatic carbocycles. The van der Waals surface area contributed by atoms with Gasteiger partial charge < -0.3 is 5.11 Å². The Morgan fingerprint density at radius 3 is 2.38 bits per heavy atom. The second-order valence-corrected chi connectivity index (χ2v) is 2.25. The lowest BCUT2D eigenvalue weighted by Crippen LogP contribution is -2.14. The fourth-order valence-electron chi connectivity index (χ4n) is 0.902. The molecule has 0 unspecified atom stereocenters. The monoisotopic (exact) mass is 177 g/mol. The summed E-state index contributed by atoms with van der Waals surface area (Å²) in [6, 6.07) is 8.27. The highest BCUT2D eigenvalue weighted by Crippen LogP contribution is 2.00. The number of aliphatic carboxylic acids is 1. The molecule has 1 aromatic rings. The summed E-state index contributed by atoms with van der Waals surface area (Å²) in [6.45, 7) is 0. The summed E-state index contributed by atoms with van der Waals surface area (Å²) in [5, 5.41) is 8.67. The van der Waals surface area contributed by atoms with Crippen LogP contribution in [0.15, 0.2) is 35.3 Å². The van der Waals surface area contributed by atoms with E-state index in [9.17, 15) is 9.59 Å². The van der Waals surface area contributed by atoms with Crippen molar-refractivity contribution in [1.82, 2.24) is 0 Å². The van der Waals surface area contributed by atoms with E-state index in [1.807, 2.05) is 0 Å². The van der Waals surface area contributed by atoms with Crippen LogP contribution in [0.3, 0.4) is 0 Å². The number of hydrogen-bond donors (Lipinski definition) is 1. The summed E-state index contributed by atoms with van der Waals surface area (Å²) in [5.41, 5.74) is 0.178. The molecule has 4 nitrogen and oxygen atoms in total. The molecule has 0 atom stereocenters. The van der Waals surface area contributed by atoms with Gasteiger partial charge in [0.05, 0.1) is 0 Å². The fraction of sp³-hybridized carbons (Fsp3) is 0. The molecule has 0 saturated carbocycles. The minimum atomic E-state index is -1.21. The van der Waals surface area contributed by atoms with Crippen molar-refractivity contribution in [3.05, 3.63) is 35.9 Å². The highest BCUT2D eigenvalue weighted by Gasteiger charge is 2.10. The predicted molar refractivity (Wildman–Crippen MR) is 46.7 cm³/mol. The van der Waals surface area contributed by atoms with Crippen LogP contribution in [0.4, 0.5) is 0 Å². The third-order valence-electron chi connectivity index (χ3n) is 1.43. The number of carbonyl (C=O) groups is 2. The van der Waals surface area contributed by atoms with Crippen molar-refractivity contribution >= 4 is 18.1 Å². The number of nitrogens with zero attached hydrogens (tertiary/aromatic N) is 1. The average Bonchev–Trinajstić information content (AvgIpc) is 2.15. The van der Waals surface area contributed by atoms with Crippen LogP contribution in [0.1, 0.15) is 5.56 Å². The maximum Gasteiger partial charge on any atom is 0.355 e. The number of carboxylic acids is 1. The van der Waals surface area contributed by atoms with Crippen LogP contribution >= 0.6 is 0 Å². The van der Waals surface area contributed by atoms with Gasteiger partial charge in [-0.2, -0.15) is 0 Å². The second kappa shape index (κ2) is 4.15. The Balaban J connectivity index is 3.10. The zero-order chi connectivity index (χ0) is 9.68. The Hall–Kier alpha value is -1.97. The number of aliphatic imine (C=N–C) groups is 1. The van der Waals surface area contributed by atoms with Gasteiger partial charge in [0, 0.05) is 5.56 Å². The van der Waals surface area contributed by atoms with Crippen molar-refractivity contribution in [3.63, 3.8) is 0 Å². The van der Waals surface area contributed by atoms with E-state index in [2.05, 4.69) is 4.99 Å². The van der Waals surface area contributed by atoms with Crippen LogP contribution in [0, 0.1) is 0 Å². The van der Waals surface area contributed by atoms with Crippen molar-refractivity contribution in [2.24, 2.45) is 4.99 Å². The number of carboxylic acid groups (broad SMARTS) is 1. The van der Waals surface area contributed by atoms with Gasteiger partial charge in [0.2, 0.25) is 6.41 Å². The van der Waals surface area contributed by atoms with Crippen LogP contribution in [0.5, 0.6) is 0 Å². The van der Waals surface area contributed by atoms with Crippen molar-refractivity contribution in [3.8, 4) is 0 Å². The Labute approximate surface area is 74.5 Å². The number of carbonyl (C=O) groups excluding carboxylic acids is 1. The smallest absolute Gasteiger partial charge is 0.355 e. The van der Waals surface area contributed by atoms with E-state index in [1.165, 1.54) is 0 Å². The summed E-state index contributed by atoms with van der Waals surface area (Å²) in [7, 11) is 0. The summed E-state index contributed by atoms with van der Waals surface area (Å²) in [6.07, 6.45) is 0.219. The highest BCUT2D eigenvalue weighted by molar-refractivity contribution is 6.43. The number of benzene rings is 1. The lowest BCUT2D eigenvalue weighted by molar-refractivity contribution is -0.129. The van der Waals surface area contributed by atoms with Crippen LogP contribution in [0.25, 0.3) is 0 Å². The van der Waals surface area contributed by atoms with Gasteiger partial charge in [0.15, 0.2) is 5.71 Å². The van der Waals surface area contributed by atoms with Crippen LogP contribution in [-0.2, 0) is 9.59 Å². The van der Waals surface area contributed by atoms with Gasteiger partial charge in [-0.1, -0.05) is 30.3 Å². The molecule has 66 valence electrons. The summed E-state index contributed by atoms with van der Waals surface area (Å²) >= 11 is 0. The highest BCUT2D eigenvalue weighted by atomic mass is 16.4. The van der Waals surface area contributed by atoms with Crippen molar-refractivity contribution in [2.45, 2.75) is 0 Å². The maximum atomic E-state index is 10.6. The average molecular weight is 177 g/mol. The first kappa shape index (κ1) is 9.12. The molecule has 0 saturated heterocycles. The molecule has 0 aliphatic rings. The first-order chi connectivity index (χ1) is 6.25. The molecule has 0 heterocycles. The molecule has 13 heavy (non-hydrogen) atoms. The van der Waals surface area contributed by atoms with Crippen molar-refractivity contribution in [2.75, 3.05) is 0 Å². The van der Waals surface area contributed by atoms with Gasteiger partial charge in [0.25, 0.3) is 0 Å². The van der Waals surface area contributed by atoms with Crippen LogP contribution in [-0.4, -0.2) is 23.2 Å². The molecule has 0 fully saturated rings. The number of rotatable bonds is 3. The van der Waals surface area contributed by atoms with Crippen molar-refractivity contribution < 1.29 is 14.7 Å². The van der Waals surface area contributed by atoms with E-state index >= 15 is 0 Å². The largest absolute Gasteiger partial charge is 0.476 e. The zero-order valence-electron chi connectivity index (χ0n) is 6.68. The topological polar surface area (TPSA) is 66.7 Å². The zero-order valence-corrected chi connectivity index (χ0v) is 6.68. The van der Waals surface area contributed by atoms with E-state index in [0.29, 0.717) is 5.56 Å². The van der Waals surface area contributed by atoms with Crippen LogP contribution < -0.4 is 0 Å². The standard InChI is InChI=1S/C9H7NO3/c11-6-10-8(9(12)13)7-4-2-1-3-5-7/h1-6H,(H,12,13). The summed E-state index contributed by atoms with van der Waals surface area (Å²) in [4.78, 5) is 23.9. The van der Waals surface area contributed by atoms with E-state index in [1.54, 1.807) is 30.3 Å². The van der Waals surface area contributed by atoms with Gasteiger partial charge in [-0.05, 0) is 0 Å². The molecule has 0 aliphatic heterocycles. The normalized spacial score (nSPS) is 10.9. The Bertz CT molecular complexity index is 343. The Morgan fingerprint density at radius 2 is 1.92 bits per heavy atom. The van der Waals surface area contributed by atoms with E-state index in [0.717, 1.165) is 0 Å². The molecule has 0 radical (unpaired) electrons. The summed E-state index contributed by atoms with van der Waals surface area (Å²) < 4.78 is 0. The lowest BCUT2D eigenvalue weighted by Gasteiger charge is -1.97. The van der Waals surface area contributed by atoms with Crippen molar-refractivity contribution in [1.29, 1.82) is 0 Å². The molecule has 0 bridgehead atoms. The quantitative estimate of drug-likeness (QED) is 0.546. The molecular weight excluding hydrogens is 170 g/mol. The lowest BCUT2D eigenvalue weighted by atomic mass is 10.1. The first-order valence-corrected chi connectivity index (χ1v) is 3.56. The van der Waals surface area contributed by atoms with Gasteiger partial charge in [-0.25, -0.2) is 9.79 Å². The van der Waals surface area contributed by atoms with E-state index < -0.39 is 5.97 Å². The minimum absolute atomic E-state index is 0.219. The molecule has 4 heteroatoms. The minimum Gasteiger partial charge on any atom is -0.476 e. The summed E-state index contributed by atoms with van der Waals surface area (Å²) in [5.74, 6) is -1.21. The molecule has 0 spiro atoms. The van der Waals surface area contributed by atoms with Gasteiger partial charge >= 0.3 is 5.97 Å². The molecule has 1 N–H and O–H groups in total. The number of hydrogen-bond acceptors (Lipinski definition) is 2. The second-order valence-electron chi connectivity index (χ2n) is 2.25. The predicted octanol–water partition coefficient (Wildman–Crippen LogP) is 0.717. The fourth-order valence-corrected chi connectivity index (χ4v) is 0.902. The third-order valence-corrected chi connectivity index (χ3v) is 1.43. The number of amides is 1. The van der Waals surface area contributed by atoms with Gasteiger partial charge in [-0.3, -0.25) is 4.79 Å². The van der Waals surface area contributed by atoms with Crippen LogP contribution in [0.2, 0.25) is 0 Å². The molecular formula is C9H7NO3. The first-order valence-electron chi connectivity index (χ1n) is 3.56. The maximum absolute atomic E-state index is 10.6. The molecule has 0 aliphatic carbocycles. The SMILES string of the molecule is O=CN=C(C(=O)O)c1ccccc1. The molecule has 1 rings (SSSR count).